The van der Waals surface area contributed by atoms with Crippen molar-refractivity contribution in [1.82, 2.24) is 14.8 Å². The third-order valence-electron chi connectivity index (χ3n) is 4.31. The Morgan fingerprint density at radius 3 is 2.59 bits per heavy atom. The maximum Gasteiger partial charge on any atom is 0.191 e. The number of aryl methyl sites for hydroxylation is 1. The molecule has 1 aromatic carbocycles. The lowest BCUT2D eigenvalue weighted by molar-refractivity contribution is 0.102. The Morgan fingerprint density at radius 1 is 1.23 bits per heavy atom. The van der Waals surface area contributed by atoms with E-state index >= 15 is 0 Å². The van der Waals surface area contributed by atoms with Gasteiger partial charge in [0.1, 0.15) is 6.33 Å². The Labute approximate surface area is 135 Å². The highest BCUT2D eigenvalue weighted by Gasteiger charge is 2.16. The maximum absolute atomic E-state index is 12.3. The summed E-state index contributed by atoms with van der Waals surface area (Å²) in [4.78, 5) is 12.3. The minimum atomic E-state index is 0.142. The van der Waals surface area contributed by atoms with Gasteiger partial charge in [-0.1, -0.05) is 55.3 Å². The van der Waals surface area contributed by atoms with Crippen LogP contribution in [-0.4, -0.2) is 26.3 Å². The van der Waals surface area contributed by atoms with Crippen LogP contribution in [0.4, 0.5) is 0 Å². The zero-order chi connectivity index (χ0) is 15.4. The fraction of sp³-hybridized carbons (Fsp3) is 0.471. The molecule has 1 aliphatic carbocycles. The highest BCUT2D eigenvalue weighted by Crippen LogP contribution is 2.32. The zero-order valence-electron chi connectivity index (χ0n) is 12.9. The molecule has 0 unspecified atom stereocenters. The van der Waals surface area contributed by atoms with Crippen LogP contribution in [0.2, 0.25) is 0 Å². The lowest BCUT2D eigenvalue weighted by Crippen LogP contribution is -2.06. The quantitative estimate of drug-likeness (QED) is 0.621. The molecule has 1 aromatic heterocycles. The normalized spacial score (nSPS) is 15.9. The fourth-order valence-corrected chi connectivity index (χ4v) is 3.78. The van der Waals surface area contributed by atoms with Crippen LogP contribution in [0.25, 0.3) is 0 Å². The van der Waals surface area contributed by atoms with Crippen molar-refractivity contribution < 1.29 is 4.79 Å². The van der Waals surface area contributed by atoms with Crippen molar-refractivity contribution in [2.24, 2.45) is 7.05 Å². The molecule has 116 valence electrons. The van der Waals surface area contributed by atoms with Gasteiger partial charge in [-0.3, -0.25) is 4.79 Å². The van der Waals surface area contributed by atoms with Crippen LogP contribution < -0.4 is 0 Å². The lowest BCUT2D eigenvalue weighted by atomic mass is 9.84. The summed E-state index contributed by atoms with van der Waals surface area (Å²) in [5.41, 5.74) is 2.17. The van der Waals surface area contributed by atoms with Crippen LogP contribution in [-0.2, 0) is 7.05 Å². The second-order valence-electron chi connectivity index (χ2n) is 5.89. The maximum atomic E-state index is 12.3. The van der Waals surface area contributed by atoms with E-state index in [9.17, 15) is 4.79 Å². The molecular formula is C17H21N3OS. The summed E-state index contributed by atoms with van der Waals surface area (Å²) in [5.74, 6) is 1.23. The monoisotopic (exact) mass is 315 g/mol. The molecule has 5 heteroatoms. The molecule has 0 atom stereocenters. The average molecular weight is 315 g/mol. The largest absolute Gasteiger partial charge is 0.312 e. The predicted octanol–water partition coefficient (Wildman–Crippen LogP) is 3.84. The number of thioether (sulfide) groups is 1. The Balaban J connectivity index is 1.59. The number of carbonyl (C=O) groups is 1. The molecule has 1 aliphatic rings. The van der Waals surface area contributed by atoms with Crippen LogP contribution in [0.15, 0.2) is 35.7 Å². The van der Waals surface area contributed by atoms with Gasteiger partial charge in [0, 0.05) is 12.6 Å². The molecule has 0 radical (unpaired) electrons. The summed E-state index contributed by atoms with van der Waals surface area (Å²) in [5, 5.41) is 8.57. The van der Waals surface area contributed by atoms with Gasteiger partial charge in [0.05, 0.1) is 5.75 Å². The van der Waals surface area contributed by atoms with E-state index in [1.54, 1.807) is 6.33 Å². The first-order valence-corrected chi connectivity index (χ1v) is 8.82. The summed E-state index contributed by atoms with van der Waals surface area (Å²) < 4.78 is 1.82. The summed E-state index contributed by atoms with van der Waals surface area (Å²) in [6.45, 7) is 0. The first-order valence-electron chi connectivity index (χ1n) is 7.84. The highest BCUT2D eigenvalue weighted by atomic mass is 32.2. The van der Waals surface area contributed by atoms with E-state index in [4.69, 9.17) is 0 Å². The van der Waals surface area contributed by atoms with E-state index < -0.39 is 0 Å². The van der Waals surface area contributed by atoms with Crippen LogP contribution in [0.1, 0.15) is 53.9 Å². The van der Waals surface area contributed by atoms with Gasteiger partial charge >= 0.3 is 0 Å². The molecular weight excluding hydrogens is 294 g/mol. The van der Waals surface area contributed by atoms with Gasteiger partial charge in [-0.25, -0.2) is 0 Å². The molecule has 0 bridgehead atoms. The smallest absolute Gasteiger partial charge is 0.191 e. The van der Waals surface area contributed by atoms with Gasteiger partial charge in [0.15, 0.2) is 10.9 Å². The van der Waals surface area contributed by atoms with E-state index in [0.29, 0.717) is 11.7 Å². The van der Waals surface area contributed by atoms with Gasteiger partial charge < -0.3 is 4.57 Å². The number of hydrogen-bond donors (Lipinski definition) is 0. The number of carbonyl (C=O) groups excluding carboxylic acids is 1. The molecule has 2 aromatic rings. The van der Waals surface area contributed by atoms with Crippen molar-refractivity contribution >= 4 is 17.5 Å². The molecule has 0 spiro atoms. The molecule has 0 amide bonds. The summed E-state index contributed by atoms with van der Waals surface area (Å²) in [6.07, 6.45) is 8.25. The molecule has 3 rings (SSSR count). The Hall–Kier alpha value is -1.62. The van der Waals surface area contributed by atoms with E-state index in [1.807, 2.05) is 23.7 Å². The first-order chi connectivity index (χ1) is 10.7. The van der Waals surface area contributed by atoms with Gasteiger partial charge in [0.25, 0.3) is 0 Å². The zero-order valence-corrected chi connectivity index (χ0v) is 13.7. The van der Waals surface area contributed by atoms with Crippen molar-refractivity contribution in [1.29, 1.82) is 0 Å². The number of ketones is 1. The van der Waals surface area contributed by atoms with Crippen molar-refractivity contribution in [3.05, 3.63) is 41.7 Å². The molecule has 22 heavy (non-hydrogen) atoms. The first kappa shape index (κ1) is 15.3. The predicted molar refractivity (Wildman–Crippen MR) is 88.3 cm³/mol. The van der Waals surface area contributed by atoms with Gasteiger partial charge in [0.2, 0.25) is 0 Å². The SMILES string of the molecule is Cn1cnnc1SCC(=O)c1ccc(C2CCCCC2)cc1. The number of rotatable bonds is 5. The number of nitrogens with zero attached hydrogens (tertiary/aromatic N) is 3. The van der Waals surface area contributed by atoms with E-state index in [2.05, 4.69) is 22.3 Å². The summed E-state index contributed by atoms with van der Waals surface area (Å²) in [6, 6.07) is 8.22. The highest BCUT2D eigenvalue weighted by molar-refractivity contribution is 7.99. The fourth-order valence-electron chi connectivity index (χ4n) is 2.99. The molecule has 1 fully saturated rings. The second-order valence-corrected chi connectivity index (χ2v) is 6.84. The van der Waals surface area contributed by atoms with Crippen molar-refractivity contribution in [3.63, 3.8) is 0 Å². The van der Waals surface area contributed by atoms with Crippen molar-refractivity contribution in [3.8, 4) is 0 Å². The molecule has 0 saturated heterocycles. The molecule has 1 saturated carbocycles. The minimum absolute atomic E-state index is 0.142. The number of hydrogen-bond acceptors (Lipinski definition) is 4. The Morgan fingerprint density at radius 2 is 1.95 bits per heavy atom. The average Bonchev–Trinajstić information content (AvgIpc) is 2.99. The molecule has 4 nitrogen and oxygen atoms in total. The third kappa shape index (κ3) is 3.58. The topological polar surface area (TPSA) is 47.8 Å². The second kappa shape index (κ2) is 7.09. The minimum Gasteiger partial charge on any atom is -0.312 e. The van der Waals surface area contributed by atoms with Gasteiger partial charge in [-0.2, -0.15) is 0 Å². The standard InChI is InChI=1S/C17H21N3OS/c1-20-12-18-19-17(20)22-11-16(21)15-9-7-14(8-10-15)13-5-3-2-4-6-13/h7-10,12-13H,2-6,11H2,1H3. The van der Waals surface area contributed by atoms with E-state index in [0.717, 1.165) is 10.7 Å². The van der Waals surface area contributed by atoms with Crippen LogP contribution in [0, 0.1) is 0 Å². The van der Waals surface area contributed by atoms with Gasteiger partial charge in [-0.15, -0.1) is 10.2 Å². The molecule has 1 heterocycles. The van der Waals surface area contributed by atoms with E-state index in [1.165, 1.54) is 49.4 Å². The van der Waals surface area contributed by atoms with Crippen molar-refractivity contribution in [2.45, 2.75) is 43.2 Å². The van der Waals surface area contributed by atoms with Gasteiger partial charge in [-0.05, 0) is 24.3 Å². The lowest BCUT2D eigenvalue weighted by Gasteiger charge is -2.22. The molecule has 0 N–H and O–H groups in total. The van der Waals surface area contributed by atoms with Crippen LogP contribution >= 0.6 is 11.8 Å². The van der Waals surface area contributed by atoms with Crippen LogP contribution in [0.5, 0.6) is 0 Å². The number of Topliss-reactive ketones (excluding diaryl/α,β-unsaturated/α-hetero) is 1. The van der Waals surface area contributed by atoms with E-state index in [-0.39, 0.29) is 5.78 Å². The Bertz CT molecular complexity index is 630. The van der Waals surface area contributed by atoms with Crippen molar-refractivity contribution in [2.75, 3.05) is 5.75 Å². The third-order valence-corrected chi connectivity index (χ3v) is 5.35. The Kier molecular flexibility index (Phi) is 4.93. The summed E-state index contributed by atoms with van der Waals surface area (Å²) in [7, 11) is 1.88. The number of benzene rings is 1. The van der Waals surface area contributed by atoms with Crippen LogP contribution in [0.3, 0.4) is 0 Å². The summed E-state index contributed by atoms with van der Waals surface area (Å²) >= 11 is 1.43. The molecule has 0 aliphatic heterocycles. The number of aromatic nitrogens is 3.